The van der Waals surface area contributed by atoms with E-state index in [-0.39, 0.29) is 5.91 Å². The smallest absolute Gasteiger partial charge is 0.258 e. The molecule has 0 bridgehead atoms. The maximum atomic E-state index is 12.9. The van der Waals surface area contributed by atoms with Crippen molar-refractivity contribution in [2.24, 2.45) is 0 Å². The number of anilines is 1. The summed E-state index contributed by atoms with van der Waals surface area (Å²) < 4.78 is 11.1. The highest BCUT2D eigenvalue weighted by Crippen LogP contribution is 2.34. The first-order valence-electron chi connectivity index (χ1n) is 9.01. The van der Waals surface area contributed by atoms with Gasteiger partial charge in [0.05, 0.1) is 5.56 Å². The molecule has 142 valence electrons. The number of rotatable bonds is 4. The van der Waals surface area contributed by atoms with Gasteiger partial charge in [-0.3, -0.25) is 4.79 Å². The molecule has 28 heavy (non-hydrogen) atoms. The van der Waals surface area contributed by atoms with E-state index in [1.807, 2.05) is 0 Å². The van der Waals surface area contributed by atoms with Crippen LogP contribution in [0.5, 0.6) is 11.5 Å². The van der Waals surface area contributed by atoms with Gasteiger partial charge < -0.3 is 14.8 Å². The summed E-state index contributed by atoms with van der Waals surface area (Å²) in [4.78, 5) is 18.4. The minimum Gasteiger partial charge on any atom is -0.486 e. The third kappa shape index (κ3) is 3.97. The second-order valence-corrected chi connectivity index (χ2v) is 7.57. The van der Waals surface area contributed by atoms with Crippen LogP contribution in [0, 0.1) is 13.8 Å². The molecule has 0 unspecified atom stereocenters. The van der Waals surface area contributed by atoms with Gasteiger partial charge in [-0.25, -0.2) is 4.98 Å². The van der Waals surface area contributed by atoms with Crippen LogP contribution in [0.2, 0.25) is 0 Å². The number of nitrogens with zero attached hydrogens (tertiary/aromatic N) is 1. The zero-order valence-electron chi connectivity index (χ0n) is 15.7. The number of benzene rings is 2. The zero-order chi connectivity index (χ0) is 19.5. The van der Waals surface area contributed by atoms with Gasteiger partial charge in [0, 0.05) is 22.8 Å². The van der Waals surface area contributed by atoms with Crippen LogP contribution >= 0.6 is 11.8 Å². The minimum atomic E-state index is -0.211. The number of nitrogens with one attached hydrogen (secondary N) is 1. The van der Waals surface area contributed by atoms with Gasteiger partial charge in [-0.15, -0.1) is 0 Å². The van der Waals surface area contributed by atoms with Crippen LogP contribution in [0.25, 0.3) is 0 Å². The van der Waals surface area contributed by atoms with Crippen molar-refractivity contribution in [2.75, 3.05) is 18.5 Å². The van der Waals surface area contributed by atoms with E-state index < -0.39 is 0 Å². The summed E-state index contributed by atoms with van der Waals surface area (Å²) in [6.07, 6.45) is 1.70. The molecule has 1 amide bonds. The third-order valence-corrected chi connectivity index (χ3v) is 5.55. The number of carbonyl (C=O) groups excluding carboxylic acids is 1. The van der Waals surface area contributed by atoms with Crippen molar-refractivity contribution in [1.82, 2.24) is 4.98 Å². The van der Waals surface area contributed by atoms with E-state index in [1.54, 1.807) is 36.5 Å². The lowest BCUT2D eigenvalue weighted by Crippen LogP contribution is -2.17. The molecule has 0 aliphatic carbocycles. The molecule has 0 atom stereocenters. The third-order valence-electron chi connectivity index (χ3n) is 4.35. The quantitative estimate of drug-likeness (QED) is 0.686. The van der Waals surface area contributed by atoms with Crippen LogP contribution in [0.15, 0.2) is 64.6 Å². The van der Waals surface area contributed by atoms with Gasteiger partial charge in [0.25, 0.3) is 5.91 Å². The first-order chi connectivity index (χ1) is 13.6. The Balaban J connectivity index is 1.56. The fraction of sp³-hybridized carbons (Fsp3) is 0.182. The van der Waals surface area contributed by atoms with Crippen LogP contribution < -0.4 is 14.8 Å². The van der Waals surface area contributed by atoms with Gasteiger partial charge in [0.2, 0.25) is 0 Å². The normalized spacial score (nSPS) is 12.5. The van der Waals surface area contributed by atoms with Crippen molar-refractivity contribution in [3.05, 3.63) is 71.4 Å². The molecule has 3 aromatic rings. The number of carbonyl (C=O) groups is 1. The Morgan fingerprint density at radius 1 is 1.04 bits per heavy atom. The Morgan fingerprint density at radius 2 is 1.86 bits per heavy atom. The highest BCUT2D eigenvalue weighted by molar-refractivity contribution is 7.99. The Labute approximate surface area is 168 Å². The number of pyridine rings is 1. The largest absolute Gasteiger partial charge is 0.486 e. The molecule has 1 aliphatic rings. The monoisotopic (exact) mass is 392 g/mol. The highest BCUT2D eigenvalue weighted by atomic mass is 32.2. The van der Waals surface area contributed by atoms with Gasteiger partial charge in [-0.05, 0) is 49.7 Å². The first kappa shape index (κ1) is 18.4. The van der Waals surface area contributed by atoms with Crippen LogP contribution in [-0.4, -0.2) is 24.1 Å². The maximum absolute atomic E-state index is 12.9. The van der Waals surface area contributed by atoms with E-state index in [1.165, 1.54) is 17.3 Å². The minimum absolute atomic E-state index is 0.211. The number of ether oxygens (including phenoxy) is 2. The SMILES string of the molecule is Cc1ccc(Sc2ncccc2C(=O)Nc2ccc3c(c2)OCCO3)c(C)c1. The first-order valence-corrected chi connectivity index (χ1v) is 9.83. The van der Waals surface area contributed by atoms with Crippen LogP contribution in [-0.2, 0) is 0 Å². The summed E-state index contributed by atoms with van der Waals surface area (Å²) >= 11 is 1.49. The average molecular weight is 392 g/mol. The van der Waals surface area contributed by atoms with Gasteiger partial charge in [-0.2, -0.15) is 0 Å². The number of hydrogen-bond donors (Lipinski definition) is 1. The number of aromatic nitrogens is 1. The van der Waals surface area contributed by atoms with Crippen molar-refractivity contribution >= 4 is 23.4 Å². The molecule has 2 aromatic carbocycles. The van der Waals surface area contributed by atoms with Gasteiger partial charge in [-0.1, -0.05) is 29.5 Å². The number of amides is 1. The molecule has 2 heterocycles. The predicted octanol–water partition coefficient (Wildman–Crippen LogP) is 4.87. The van der Waals surface area contributed by atoms with Crippen LogP contribution in [0.3, 0.4) is 0 Å². The summed E-state index contributed by atoms with van der Waals surface area (Å²) in [5.74, 6) is 1.12. The van der Waals surface area contributed by atoms with E-state index >= 15 is 0 Å². The van der Waals surface area contributed by atoms with Gasteiger partial charge >= 0.3 is 0 Å². The van der Waals surface area contributed by atoms with E-state index in [2.05, 4.69) is 42.3 Å². The van der Waals surface area contributed by atoms with Crippen molar-refractivity contribution in [3.8, 4) is 11.5 Å². The van der Waals surface area contributed by atoms with E-state index in [4.69, 9.17) is 9.47 Å². The summed E-state index contributed by atoms with van der Waals surface area (Å²) in [7, 11) is 0. The topological polar surface area (TPSA) is 60.5 Å². The van der Waals surface area contributed by atoms with Crippen molar-refractivity contribution in [3.63, 3.8) is 0 Å². The molecule has 5 nitrogen and oxygen atoms in total. The molecule has 6 heteroatoms. The molecule has 4 rings (SSSR count). The Bertz CT molecular complexity index is 1040. The maximum Gasteiger partial charge on any atom is 0.258 e. The molecule has 0 fully saturated rings. The highest BCUT2D eigenvalue weighted by Gasteiger charge is 2.17. The summed E-state index contributed by atoms with van der Waals surface area (Å²) in [5, 5.41) is 3.60. The van der Waals surface area contributed by atoms with Crippen molar-refractivity contribution in [1.29, 1.82) is 0 Å². The Kier molecular flexibility index (Phi) is 5.21. The fourth-order valence-electron chi connectivity index (χ4n) is 2.98. The predicted molar refractivity (Wildman–Crippen MR) is 110 cm³/mol. The average Bonchev–Trinajstić information content (AvgIpc) is 2.70. The standard InChI is InChI=1S/C22H20N2O3S/c1-14-5-8-20(15(2)12-14)28-22-17(4-3-9-23-22)21(25)24-16-6-7-18-19(13-16)27-11-10-26-18/h3-9,12-13H,10-11H2,1-2H3,(H,24,25). The zero-order valence-corrected chi connectivity index (χ0v) is 16.5. The summed E-state index contributed by atoms with van der Waals surface area (Å²) in [6.45, 7) is 5.17. The van der Waals surface area contributed by atoms with E-state index in [9.17, 15) is 4.79 Å². The number of fused-ring (bicyclic) bond motifs is 1. The second kappa shape index (κ2) is 7.94. The molecule has 1 aliphatic heterocycles. The molecular formula is C22H20N2O3S. The van der Waals surface area contributed by atoms with Crippen LogP contribution in [0.4, 0.5) is 5.69 Å². The lowest BCUT2D eigenvalue weighted by molar-refractivity contribution is 0.102. The molecule has 0 spiro atoms. The van der Waals surface area contributed by atoms with E-state index in [0.717, 1.165) is 10.5 Å². The van der Waals surface area contributed by atoms with Crippen LogP contribution in [0.1, 0.15) is 21.5 Å². The molecule has 0 saturated heterocycles. The lowest BCUT2D eigenvalue weighted by Gasteiger charge is -2.19. The summed E-state index contributed by atoms with van der Waals surface area (Å²) in [5.41, 5.74) is 3.55. The van der Waals surface area contributed by atoms with Crippen molar-refractivity contribution < 1.29 is 14.3 Å². The number of hydrogen-bond acceptors (Lipinski definition) is 5. The molecule has 1 aromatic heterocycles. The Hall–Kier alpha value is -2.99. The fourth-order valence-corrected chi connectivity index (χ4v) is 3.93. The lowest BCUT2D eigenvalue weighted by atomic mass is 10.2. The molecule has 0 radical (unpaired) electrons. The van der Waals surface area contributed by atoms with Gasteiger partial charge in [0.15, 0.2) is 11.5 Å². The summed E-state index contributed by atoms with van der Waals surface area (Å²) in [6, 6.07) is 15.2. The van der Waals surface area contributed by atoms with E-state index in [0.29, 0.717) is 41.0 Å². The molecule has 0 saturated carbocycles. The molecular weight excluding hydrogens is 372 g/mol. The van der Waals surface area contributed by atoms with Gasteiger partial charge in [0.1, 0.15) is 18.2 Å². The Morgan fingerprint density at radius 3 is 2.68 bits per heavy atom. The number of aryl methyl sites for hydroxylation is 2. The second-order valence-electron chi connectivity index (χ2n) is 6.54. The molecule has 1 N–H and O–H groups in total. The van der Waals surface area contributed by atoms with Crippen molar-refractivity contribution in [2.45, 2.75) is 23.8 Å².